The van der Waals surface area contributed by atoms with Crippen LogP contribution < -0.4 is 15.4 Å². The van der Waals surface area contributed by atoms with Crippen LogP contribution in [0.1, 0.15) is 56.7 Å². The maximum absolute atomic E-state index is 13.3. The number of nitrogens with one attached hydrogen (secondary N) is 2. The van der Waals surface area contributed by atoms with Gasteiger partial charge in [0.15, 0.2) is 0 Å². The normalized spacial score (nSPS) is 23.2. The van der Waals surface area contributed by atoms with Crippen molar-refractivity contribution < 1.29 is 19.1 Å². The number of rotatable bonds is 6. The van der Waals surface area contributed by atoms with E-state index in [2.05, 4.69) is 17.6 Å². The maximum Gasteiger partial charge on any atom is 0.338 e. The minimum absolute atomic E-state index is 0.0885. The molecule has 1 fully saturated rings. The van der Waals surface area contributed by atoms with Crippen molar-refractivity contribution in [1.29, 1.82) is 0 Å². The smallest absolute Gasteiger partial charge is 0.338 e. The zero-order chi connectivity index (χ0) is 22.5. The van der Waals surface area contributed by atoms with Crippen molar-refractivity contribution in [3.8, 4) is 5.75 Å². The van der Waals surface area contributed by atoms with Gasteiger partial charge >= 0.3 is 12.0 Å². The minimum atomic E-state index is -0.649. The Bertz CT molecular complexity index is 1000. The van der Waals surface area contributed by atoms with E-state index in [-0.39, 0.29) is 12.1 Å². The van der Waals surface area contributed by atoms with Crippen LogP contribution in [0.25, 0.3) is 0 Å². The quantitative estimate of drug-likeness (QED) is 0.626. The molecule has 2 aromatic carbocycles. The summed E-state index contributed by atoms with van der Waals surface area (Å²) in [7, 11) is 0. The van der Waals surface area contributed by atoms with Crippen molar-refractivity contribution in [3.63, 3.8) is 0 Å². The van der Waals surface area contributed by atoms with Crippen LogP contribution in [0.2, 0.25) is 0 Å². The van der Waals surface area contributed by atoms with E-state index in [9.17, 15) is 9.59 Å². The molecule has 2 aromatic rings. The SMILES string of the molecule is CC1=C(C(=O)O[C@H]2CCC[C@H](C)C2)[C@@H](c2ccccc2OCc2ccccc2)NC(=O)N1. The Morgan fingerprint density at radius 3 is 2.59 bits per heavy atom. The molecule has 0 radical (unpaired) electrons. The van der Waals surface area contributed by atoms with Crippen LogP contribution in [-0.4, -0.2) is 18.1 Å². The molecule has 0 bridgehead atoms. The van der Waals surface area contributed by atoms with Crippen LogP contribution in [0, 0.1) is 5.92 Å². The highest BCUT2D eigenvalue weighted by molar-refractivity contribution is 5.95. The summed E-state index contributed by atoms with van der Waals surface area (Å²) in [5.41, 5.74) is 2.68. The maximum atomic E-state index is 13.3. The van der Waals surface area contributed by atoms with E-state index in [1.54, 1.807) is 6.92 Å². The van der Waals surface area contributed by atoms with Gasteiger partial charge in [-0.15, -0.1) is 0 Å². The number of hydrogen-bond acceptors (Lipinski definition) is 4. The van der Waals surface area contributed by atoms with Gasteiger partial charge in [0.25, 0.3) is 0 Å². The predicted molar refractivity (Wildman–Crippen MR) is 122 cm³/mol. The summed E-state index contributed by atoms with van der Waals surface area (Å²) >= 11 is 0. The van der Waals surface area contributed by atoms with Crippen LogP contribution in [0.5, 0.6) is 5.75 Å². The summed E-state index contributed by atoms with van der Waals surface area (Å²) in [4.78, 5) is 25.6. The number of carbonyl (C=O) groups excluding carboxylic acids is 2. The minimum Gasteiger partial charge on any atom is -0.489 e. The highest BCUT2D eigenvalue weighted by Gasteiger charge is 2.35. The number of ether oxygens (including phenoxy) is 2. The lowest BCUT2D eigenvalue weighted by molar-refractivity contribution is -0.146. The van der Waals surface area contributed by atoms with Gasteiger partial charge in [0.05, 0.1) is 11.6 Å². The molecule has 1 aliphatic heterocycles. The van der Waals surface area contributed by atoms with Crippen molar-refractivity contribution in [2.45, 2.75) is 58.3 Å². The van der Waals surface area contributed by atoms with Gasteiger partial charge in [0.1, 0.15) is 18.5 Å². The molecule has 1 aliphatic carbocycles. The van der Waals surface area contributed by atoms with Crippen LogP contribution in [0.4, 0.5) is 4.79 Å². The van der Waals surface area contributed by atoms with Crippen LogP contribution in [0.15, 0.2) is 65.9 Å². The molecule has 32 heavy (non-hydrogen) atoms. The molecule has 6 heteroatoms. The number of hydrogen-bond donors (Lipinski definition) is 2. The largest absolute Gasteiger partial charge is 0.489 e. The van der Waals surface area contributed by atoms with E-state index in [0.717, 1.165) is 30.4 Å². The van der Waals surface area contributed by atoms with Crippen LogP contribution in [-0.2, 0) is 16.1 Å². The molecule has 0 unspecified atom stereocenters. The molecule has 3 atom stereocenters. The molecule has 1 heterocycles. The molecule has 2 aliphatic rings. The van der Waals surface area contributed by atoms with Gasteiger partial charge in [-0.25, -0.2) is 9.59 Å². The summed E-state index contributed by atoms with van der Waals surface area (Å²) in [6, 6.07) is 16.4. The van der Waals surface area contributed by atoms with Crippen LogP contribution >= 0.6 is 0 Å². The first-order valence-electron chi connectivity index (χ1n) is 11.3. The Balaban J connectivity index is 1.58. The van der Waals surface area contributed by atoms with Gasteiger partial charge in [0.2, 0.25) is 0 Å². The molecular formula is C26H30N2O4. The standard InChI is InChI=1S/C26H30N2O4/c1-17-9-8-12-20(15-17)32-25(29)23-18(2)27-26(30)28-24(23)21-13-6-7-14-22(21)31-16-19-10-4-3-5-11-19/h3-7,10-11,13-14,17,20,24H,8-9,12,15-16H2,1-2H3,(H2,27,28,30)/t17-,20-,24+/m0/s1. The zero-order valence-corrected chi connectivity index (χ0v) is 18.6. The van der Waals surface area contributed by atoms with Gasteiger partial charge in [-0.2, -0.15) is 0 Å². The summed E-state index contributed by atoms with van der Waals surface area (Å²) in [6.07, 6.45) is 3.89. The number of urea groups is 1. The Morgan fingerprint density at radius 1 is 1.06 bits per heavy atom. The Hall–Kier alpha value is -3.28. The Morgan fingerprint density at radius 2 is 1.81 bits per heavy atom. The lowest BCUT2D eigenvalue weighted by Crippen LogP contribution is -2.45. The summed E-state index contributed by atoms with van der Waals surface area (Å²) in [6.45, 7) is 4.31. The predicted octanol–water partition coefficient (Wildman–Crippen LogP) is 5.02. The van der Waals surface area contributed by atoms with E-state index in [0.29, 0.717) is 29.5 Å². The third-order valence-electron chi connectivity index (χ3n) is 6.12. The molecular weight excluding hydrogens is 404 g/mol. The average Bonchev–Trinajstić information content (AvgIpc) is 2.78. The number of benzene rings is 2. The molecule has 4 rings (SSSR count). The van der Waals surface area contributed by atoms with Crippen molar-refractivity contribution in [2.24, 2.45) is 5.92 Å². The second kappa shape index (κ2) is 9.90. The highest BCUT2D eigenvalue weighted by Crippen LogP contribution is 2.35. The fourth-order valence-corrected chi connectivity index (χ4v) is 4.48. The zero-order valence-electron chi connectivity index (χ0n) is 18.6. The first-order valence-corrected chi connectivity index (χ1v) is 11.3. The van der Waals surface area contributed by atoms with Gasteiger partial charge in [-0.05, 0) is 43.7 Å². The molecule has 2 amide bonds. The number of carbonyl (C=O) groups is 2. The lowest BCUT2D eigenvalue weighted by atomic mass is 9.88. The third kappa shape index (κ3) is 5.13. The number of allylic oxidation sites excluding steroid dienone is 1. The number of para-hydroxylation sites is 1. The van der Waals surface area contributed by atoms with Gasteiger partial charge in [-0.1, -0.05) is 61.9 Å². The molecule has 2 N–H and O–H groups in total. The van der Waals surface area contributed by atoms with Gasteiger partial charge < -0.3 is 20.1 Å². The average molecular weight is 435 g/mol. The lowest BCUT2D eigenvalue weighted by Gasteiger charge is -2.31. The number of esters is 1. The monoisotopic (exact) mass is 434 g/mol. The van der Waals surface area contributed by atoms with Gasteiger partial charge in [0, 0.05) is 11.3 Å². The van der Waals surface area contributed by atoms with Crippen molar-refractivity contribution in [3.05, 3.63) is 77.0 Å². The second-order valence-corrected chi connectivity index (χ2v) is 8.68. The summed E-state index contributed by atoms with van der Waals surface area (Å²) in [5.74, 6) is 0.772. The van der Waals surface area contributed by atoms with E-state index in [1.807, 2.05) is 54.6 Å². The van der Waals surface area contributed by atoms with E-state index in [1.165, 1.54) is 6.42 Å². The van der Waals surface area contributed by atoms with Crippen molar-refractivity contribution >= 4 is 12.0 Å². The first kappa shape index (κ1) is 21.9. The van der Waals surface area contributed by atoms with Crippen molar-refractivity contribution in [2.75, 3.05) is 0 Å². The van der Waals surface area contributed by atoms with E-state index >= 15 is 0 Å². The van der Waals surface area contributed by atoms with Crippen LogP contribution in [0.3, 0.4) is 0 Å². The third-order valence-corrected chi connectivity index (χ3v) is 6.12. The molecule has 0 saturated heterocycles. The number of amides is 2. The summed E-state index contributed by atoms with van der Waals surface area (Å²) < 4.78 is 12.0. The van der Waals surface area contributed by atoms with Gasteiger partial charge in [-0.3, -0.25) is 0 Å². The van der Waals surface area contributed by atoms with E-state index in [4.69, 9.17) is 9.47 Å². The Kier molecular flexibility index (Phi) is 6.78. The Labute approximate surface area is 189 Å². The topological polar surface area (TPSA) is 76.7 Å². The molecule has 1 saturated carbocycles. The van der Waals surface area contributed by atoms with E-state index < -0.39 is 12.0 Å². The second-order valence-electron chi connectivity index (χ2n) is 8.68. The fraction of sp³-hybridized carbons (Fsp3) is 0.385. The van der Waals surface area contributed by atoms with Crippen molar-refractivity contribution in [1.82, 2.24) is 10.6 Å². The fourth-order valence-electron chi connectivity index (χ4n) is 4.48. The molecule has 0 spiro atoms. The summed E-state index contributed by atoms with van der Waals surface area (Å²) in [5, 5.41) is 5.61. The first-order chi connectivity index (χ1) is 15.5. The molecule has 0 aromatic heterocycles. The highest BCUT2D eigenvalue weighted by atomic mass is 16.5. The molecule has 168 valence electrons. The molecule has 6 nitrogen and oxygen atoms in total.